The van der Waals surface area contributed by atoms with E-state index in [-0.39, 0.29) is 12.3 Å². The van der Waals surface area contributed by atoms with Gasteiger partial charge in [-0.25, -0.2) is 9.97 Å². The minimum absolute atomic E-state index is 0.0590. The largest absolute Gasteiger partial charge is 0.329 e. The number of thiazole rings is 1. The van der Waals surface area contributed by atoms with E-state index in [1.165, 1.54) is 11.3 Å². The number of hydrogen-bond acceptors (Lipinski definition) is 5. The average molecular weight is 454 g/mol. The van der Waals surface area contributed by atoms with Crippen molar-refractivity contribution in [2.75, 3.05) is 0 Å². The fourth-order valence-corrected chi connectivity index (χ4v) is 4.26. The molecule has 0 bridgehead atoms. The molecule has 2 heterocycles. The quantitative estimate of drug-likeness (QED) is 0.444. The summed E-state index contributed by atoms with van der Waals surface area (Å²) < 4.78 is 2.07. The summed E-state index contributed by atoms with van der Waals surface area (Å²) in [4.78, 5) is 33.7. The summed E-state index contributed by atoms with van der Waals surface area (Å²) in [6, 6.07) is 12.7. The Morgan fingerprint density at radius 2 is 1.87 bits per heavy atom. The number of rotatable bonds is 5. The van der Waals surface area contributed by atoms with Gasteiger partial charge >= 0.3 is 0 Å². The van der Waals surface area contributed by atoms with Crippen LogP contribution in [0.2, 0.25) is 5.02 Å². The molecular weight excluding hydrogens is 434 g/mol. The van der Waals surface area contributed by atoms with E-state index in [4.69, 9.17) is 11.6 Å². The van der Waals surface area contributed by atoms with Crippen LogP contribution in [0.5, 0.6) is 0 Å². The maximum atomic E-state index is 12.4. The van der Waals surface area contributed by atoms with Crippen LogP contribution in [-0.4, -0.2) is 26.3 Å². The van der Waals surface area contributed by atoms with Crippen LogP contribution in [0.15, 0.2) is 47.8 Å². The van der Waals surface area contributed by atoms with Gasteiger partial charge in [0, 0.05) is 28.1 Å². The van der Waals surface area contributed by atoms with Gasteiger partial charge in [-0.05, 0) is 44.2 Å². The van der Waals surface area contributed by atoms with Crippen LogP contribution in [0, 0.1) is 6.92 Å². The van der Waals surface area contributed by atoms with Crippen molar-refractivity contribution in [3.8, 4) is 10.6 Å². The molecule has 0 fully saturated rings. The highest BCUT2D eigenvalue weighted by Gasteiger charge is 2.13. The van der Waals surface area contributed by atoms with E-state index in [1.807, 2.05) is 37.4 Å². The van der Waals surface area contributed by atoms with Crippen LogP contribution in [0.4, 0.5) is 0 Å². The van der Waals surface area contributed by atoms with Crippen LogP contribution in [0.25, 0.3) is 21.6 Å². The number of carbonyl (C=O) groups is 2. The lowest BCUT2D eigenvalue weighted by Crippen LogP contribution is -2.42. The predicted octanol–water partition coefficient (Wildman–Crippen LogP) is 4.15. The molecule has 0 saturated heterocycles. The van der Waals surface area contributed by atoms with Gasteiger partial charge < -0.3 is 4.57 Å². The maximum absolute atomic E-state index is 12.4. The molecule has 0 aliphatic carbocycles. The Morgan fingerprint density at radius 3 is 2.61 bits per heavy atom. The number of fused-ring (bicyclic) bond motifs is 1. The Hall–Kier alpha value is -3.23. The number of aromatic nitrogens is 3. The number of carbonyl (C=O) groups excluding carboxylic acids is 2. The second-order valence-electron chi connectivity index (χ2n) is 6.94. The summed E-state index contributed by atoms with van der Waals surface area (Å²) in [5.74, 6) is 0.136. The molecule has 31 heavy (non-hydrogen) atoms. The smallest absolute Gasteiger partial charge is 0.269 e. The number of nitrogens with zero attached hydrogens (tertiary/aromatic N) is 3. The number of hydrogen-bond donors (Lipinski definition) is 2. The molecule has 4 aromatic rings. The molecule has 9 heteroatoms. The Morgan fingerprint density at radius 1 is 1.10 bits per heavy atom. The van der Waals surface area contributed by atoms with E-state index in [0.29, 0.717) is 16.3 Å². The van der Waals surface area contributed by atoms with Gasteiger partial charge in [0.1, 0.15) is 10.8 Å². The summed E-state index contributed by atoms with van der Waals surface area (Å²) in [5.41, 5.74) is 8.60. The zero-order valence-electron chi connectivity index (χ0n) is 17.0. The van der Waals surface area contributed by atoms with E-state index in [0.717, 1.165) is 34.0 Å². The third kappa shape index (κ3) is 4.60. The van der Waals surface area contributed by atoms with Crippen LogP contribution >= 0.6 is 22.9 Å². The number of nitrogens with one attached hydrogen (secondary N) is 2. The van der Waals surface area contributed by atoms with Gasteiger partial charge in [0.25, 0.3) is 5.91 Å². The first kappa shape index (κ1) is 21.0. The summed E-state index contributed by atoms with van der Waals surface area (Å²) in [6.45, 7) is 4.78. The molecule has 158 valence electrons. The zero-order chi connectivity index (χ0) is 22.0. The predicted molar refractivity (Wildman–Crippen MR) is 122 cm³/mol. The standard InChI is InChI=1S/C22H20ClN5O2S/c1-3-28-13(2)24-18-10-15(6-9-19(18)28)21(30)27-26-20(29)11-17-12-31-22(25-17)14-4-7-16(23)8-5-14/h4-10,12H,3,11H2,1-2H3,(H,26,29)(H,27,30). The second-order valence-corrected chi connectivity index (χ2v) is 8.23. The van der Waals surface area contributed by atoms with E-state index in [1.54, 1.807) is 24.3 Å². The first-order valence-electron chi connectivity index (χ1n) is 9.71. The number of imidazole rings is 1. The Labute approximate surface area is 188 Å². The van der Waals surface area contributed by atoms with Gasteiger partial charge in [-0.1, -0.05) is 23.7 Å². The molecule has 7 nitrogen and oxygen atoms in total. The lowest BCUT2D eigenvalue weighted by molar-refractivity contribution is -0.121. The molecule has 0 spiro atoms. The van der Waals surface area contributed by atoms with Crippen molar-refractivity contribution in [1.82, 2.24) is 25.4 Å². The van der Waals surface area contributed by atoms with Gasteiger partial charge in [-0.3, -0.25) is 20.4 Å². The molecule has 0 saturated carbocycles. The number of benzene rings is 2. The lowest BCUT2D eigenvalue weighted by atomic mass is 10.2. The number of amides is 2. The molecule has 2 N–H and O–H groups in total. The third-order valence-electron chi connectivity index (χ3n) is 4.82. The summed E-state index contributed by atoms with van der Waals surface area (Å²) >= 11 is 7.36. The number of halogens is 1. The van der Waals surface area contributed by atoms with Crippen molar-refractivity contribution in [2.24, 2.45) is 0 Å². The fraction of sp³-hybridized carbons (Fsp3) is 0.182. The normalized spacial score (nSPS) is 10.9. The van der Waals surface area contributed by atoms with Crippen molar-refractivity contribution < 1.29 is 9.59 Å². The first-order chi connectivity index (χ1) is 14.9. The molecule has 0 unspecified atom stereocenters. The molecule has 2 amide bonds. The highest BCUT2D eigenvalue weighted by atomic mass is 35.5. The highest BCUT2D eigenvalue weighted by molar-refractivity contribution is 7.13. The van der Waals surface area contributed by atoms with Crippen LogP contribution < -0.4 is 10.9 Å². The highest BCUT2D eigenvalue weighted by Crippen LogP contribution is 2.25. The van der Waals surface area contributed by atoms with Gasteiger partial charge in [0.05, 0.1) is 23.1 Å². The van der Waals surface area contributed by atoms with Crippen LogP contribution in [-0.2, 0) is 17.8 Å². The van der Waals surface area contributed by atoms with E-state index < -0.39 is 5.91 Å². The van der Waals surface area contributed by atoms with Gasteiger partial charge in [-0.2, -0.15) is 0 Å². The fourth-order valence-electron chi connectivity index (χ4n) is 3.31. The third-order valence-corrected chi connectivity index (χ3v) is 6.01. The minimum Gasteiger partial charge on any atom is -0.329 e. The van der Waals surface area contributed by atoms with Crippen molar-refractivity contribution in [1.29, 1.82) is 0 Å². The molecule has 0 aliphatic heterocycles. The zero-order valence-corrected chi connectivity index (χ0v) is 18.5. The summed E-state index contributed by atoms with van der Waals surface area (Å²) in [6.07, 6.45) is 0.0590. The van der Waals surface area contributed by atoms with E-state index in [2.05, 4.69) is 25.4 Å². The molecule has 0 atom stereocenters. The van der Waals surface area contributed by atoms with Crippen LogP contribution in [0.3, 0.4) is 0 Å². The molecule has 0 aliphatic rings. The first-order valence-corrected chi connectivity index (χ1v) is 11.0. The van der Waals surface area contributed by atoms with Gasteiger partial charge in [-0.15, -0.1) is 11.3 Å². The average Bonchev–Trinajstić information content (AvgIpc) is 3.35. The van der Waals surface area contributed by atoms with E-state index in [9.17, 15) is 9.59 Å². The number of aryl methyl sites for hydroxylation is 2. The number of hydrazine groups is 1. The molecule has 2 aromatic heterocycles. The topological polar surface area (TPSA) is 88.9 Å². The van der Waals surface area contributed by atoms with Crippen LogP contribution in [0.1, 0.15) is 28.8 Å². The van der Waals surface area contributed by atoms with Crippen molar-refractivity contribution >= 4 is 45.8 Å². The van der Waals surface area contributed by atoms with Gasteiger partial charge in [0.2, 0.25) is 5.91 Å². The Balaban J connectivity index is 1.36. The molecule has 2 aromatic carbocycles. The monoisotopic (exact) mass is 453 g/mol. The van der Waals surface area contributed by atoms with Crippen molar-refractivity contribution in [2.45, 2.75) is 26.8 Å². The molecular formula is C22H20ClN5O2S. The van der Waals surface area contributed by atoms with Gasteiger partial charge in [0.15, 0.2) is 0 Å². The van der Waals surface area contributed by atoms with Crippen molar-refractivity contribution in [3.05, 3.63) is 69.9 Å². The molecule has 0 radical (unpaired) electrons. The Kier molecular flexibility index (Phi) is 6.01. The molecule has 4 rings (SSSR count). The second kappa shape index (κ2) is 8.87. The summed E-state index contributed by atoms with van der Waals surface area (Å²) in [7, 11) is 0. The maximum Gasteiger partial charge on any atom is 0.269 e. The van der Waals surface area contributed by atoms with E-state index >= 15 is 0 Å². The van der Waals surface area contributed by atoms with Crippen molar-refractivity contribution in [3.63, 3.8) is 0 Å². The lowest BCUT2D eigenvalue weighted by Gasteiger charge is -2.07. The SMILES string of the molecule is CCn1c(C)nc2cc(C(=O)NNC(=O)Cc3csc(-c4ccc(Cl)cc4)n3)ccc21. The minimum atomic E-state index is -0.404. The summed E-state index contributed by atoms with van der Waals surface area (Å²) in [5, 5.41) is 3.29. The Bertz CT molecular complexity index is 1260.